The maximum Gasteiger partial charge on any atom is 0.227 e. The molecule has 3 aliphatic rings. The minimum Gasteiger partial charge on any atom is -0.342 e. The number of carbonyl (C=O) groups is 1. The Hall–Kier alpha value is -0.620. The number of nitrogens with zero attached hydrogens (tertiary/aromatic N) is 2. The normalized spacial score (nSPS) is 29.1. The smallest absolute Gasteiger partial charge is 0.227 e. The number of likely N-dealkylation sites (tertiary alicyclic amines) is 1. The van der Waals surface area contributed by atoms with Gasteiger partial charge in [0.25, 0.3) is 0 Å². The van der Waals surface area contributed by atoms with Crippen molar-refractivity contribution in [3.63, 3.8) is 0 Å². The number of amides is 1. The van der Waals surface area contributed by atoms with Gasteiger partial charge >= 0.3 is 0 Å². The molecule has 3 rings (SSSR count). The molecule has 0 unspecified atom stereocenters. The monoisotopic (exact) mass is 342 g/mol. The van der Waals surface area contributed by atoms with Gasteiger partial charge in [-0.15, -0.1) is 0 Å². The van der Waals surface area contributed by atoms with Crippen molar-refractivity contribution in [1.82, 2.24) is 9.21 Å². The van der Waals surface area contributed by atoms with Gasteiger partial charge in [0.15, 0.2) is 0 Å². The third-order valence-electron chi connectivity index (χ3n) is 5.91. The Labute approximate surface area is 140 Å². The Morgan fingerprint density at radius 2 is 1.57 bits per heavy atom. The zero-order valence-electron chi connectivity index (χ0n) is 14.2. The molecule has 2 aliphatic heterocycles. The zero-order valence-corrected chi connectivity index (χ0v) is 15.1. The van der Waals surface area contributed by atoms with E-state index in [0.717, 1.165) is 64.5 Å². The van der Waals surface area contributed by atoms with Crippen LogP contribution in [0, 0.1) is 11.8 Å². The second kappa shape index (κ2) is 7.09. The summed E-state index contributed by atoms with van der Waals surface area (Å²) in [6, 6.07) is 0. The zero-order chi connectivity index (χ0) is 16.4. The van der Waals surface area contributed by atoms with E-state index in [9.17, 15) is 13.2 Å². The molecule has 0 radical (unpaired) electrons. The van der Waals surface area contributed by atoms with Crippen molar-refractivity contribution in [2.75, 3.05) is 26.2 Å². The lowest BCUT2D eigenvalue weighted by atomic mass is 9.94. The molecule has 1 atom stereocenters. The van der Waals surface area contributed by atoms with Crippen LogP contribution in [0.15, 0.2) is 0 Å². The van der Waals surface area contributed by atoms with Gasteiger partial charge in [-0.05, 0) is 44.4 Å². The Morgan fingerprint density at radius 3 is 2.22 bits per heavy atom. The topological polar surface area (TPSA) is 57.7 Å². The number of rotatable bonds is 3. The van der Waals surface area contributed by atoms with E-state index in [1.54, 1.807) is 4.31 Å². The van der Waals surface area contributed by atoms with Crippen molar-refractivity contribution in [2.24, 2.45) is 11.8 Å². The summed E-state index contributed by atoms with van der Waals surface area (Å²) in [6.07, 6.45) is 7.42. The first kappa shape index (κ1) is 17.2. The highest BCUT2D eigenvalue weighted by molar-refractivity contribution is 7.89. The van der Waals surface area contributed by atoms with E-state index in [1.807, 2.05) is 4.90 Å². The van der Waals surface area contributed by atoms with Crippen molar-refractivity contribution in [1.29, 1.82) is 0 Å². The van der Waals surface area contributed by atoms with Crippen molar-refractivity contribution < 1.29 is 13.2 Å². The van der Waals surface area contributed by atoms with Crippen LogP contribution < -0.4 is 0 Å². The number of hydrogen-bond donors (Lipinski definition) is 0. The number of carbonyl (C=O) groups excluding carboxylic acids is 1. The van der Waals surface area contributed by atoms with E-state index in [0.29, 0.717) is 19.0 Å². The third kappa shape index (κ3) is 3.73. The van der Waals surface area contributed by atoms with E-state index >= 15 is 0 Å². The molecule has 1 saturated carbocycles. The summed E-state index contributed by atoms with van der Waals surface area (Å²) >= 11 is 0. The average Bonchev–Trinajstić information content (AvgIpc) is 3.10. The molecule has 1 aliphatic carbocycles. The standard InChI is InChI=1S/C17H30N2O3S/c1-14-8-11-18(12-9-14)17(20)15-5-4-10-19(13-15)23(21,22)16-6-2-3-7-16/h14-16H,2-13H2,1H3/t15-/m0/s1. The number of sulfonamides is 1. The largest absolute Gasteiger partial charge is 0.342 e. The fraction of sp³-hybridized carbons (Fsp3) is 0.941. The molecule has 1 amide bonds. The fourth-order valence-electron chi connectivity index (χ4n) is 4.26. The van der Waals surface area contributed by atoms with Crippen LogP contribution in [-0.2, 0) is 14.8 Å². The molecular weight excluding hydrogens is 312 g/mol. The Balaban J connectivity index is 1.62. The Bertz CT molecular complexity index is 520. The summed E-state index contributed by atoms with van der Waals surface area (Å²) in [5.41, 5.74) is 0. The minimum absolute atomic E-state index is 0.131. The Morgan fingerprint density at radius 1 is 0.913 bits per heavy atom. The highest BCUT2D eigenvalue weighted by Crippen LogP contribution is 2.30. The van der Waals surface area contributed by atoms with Crippen LogP contribution in [0.4, 0.5) is 0 Å². The first-order valence-corrected chi connectivity index (χ1v) is 10.8. The van der Waals surface area contributed by atoms with Gasteiger partial charge in [0.2, 0.25) is 15.9 Å². The second-order valence-corrected chi connectivity index (χ2v) is 9.87. The van der Waals surface area contributed by atoms with Crippen molar-refractivity contribution in [3.05, 3.63) is 0 Å². The summed E-state index contributed by atoms with van der Waals surface area (Å²) in [4.78, 5) is 14.7. The summed E-state index contributed by atoms with van der Waals surface area (Å²) in [7, 11) is -3.21. The van der Waals surface area contributed by atoms with Gasteiger partial charge in [0.1, 0.15) is 0 Å². The van der Waals surface area contributed by atoms with E-state index in [4.69, 9.17) is 0 Å². The van der Waals surface area contributed by atoms with Crippen LogP contribution in [0.2, 0.25) is 0 Å². The fourth-order valence-corrected chi connectivity index (χ4v) is 6.38. The van der Waals surface area contributed by atoms with Crippen LogP contribution in [0.3, 0.4) is 0 Å². The van der Waals surface area contributed by atoms with Gasteiger partial charge in [-0.2, -0.15) is 0 Å². The second-order valence-electron chi connectivity index (χ2n) is 7.66. The summed E-state index contributed by atoms with van der Waals surface area (Å²) in [5.74, 6) is 0.751. The van der Waals surface area contributed by atoms with Gasteiger partial charge in [-0.25, -0.2) is 12.7 Å². The maximum atomic E-state index is 12.8. The molecular formula is C17H30N2O3S. The molecule has 132 valence electrons. The molecule has 0 aromatic carbocycles. The molecule has 6 heteroatoms. The van der Waals surface area contributed by atoms with Crippen LogP contribution in [0.1, 0.15) is 58.3 Å². The molecule has 0 N–H and O–H groups in total. The molecule has 0 aromatic rings. The van der Waals surface area contributed by atoms with Crippen LogP contribution in [0.25, 0.3) is 0 Å². The molecule has 2 saturated heterocycles. The number of piperidine rings is 2. The van der Waals surface area contributed by atoms with Crippen molar-refractivity contribution in [2.45, 2.75) is 63.5 Å². The first-order chi connectivity index (χ1) is 11.0. The van der Waals surface area contributed by atoms with Gasteiger partial charge in [-0.3, -0.25) is 4.79 Å². The molecule has 0 spiro atoms. The molecule has 0 bridgehead atoms. The summed E-state index contributed by atoms with van der Waals surface area (Å²) in [5, 5.41) is -0.202. The predicted octanol–water partition coefficient (Wildman–Crippen LogP) is 2.23. The maximum absolute atomic E-state index is 12.8. The molecule has 23 heavy (non-hydrogen) atoms. The van der Waals surface area contributed by atoms with E-state index in [1.165, 1.54) is 0 Å². The van der Waals surface area contributed by atoms with Crippen LogP contribution >= 0.6 is 0 Å². The van der Waals surface area contributed by atoms with E-state index in [-0.39, 0.29) is 17.1 Å². The quantitative estimate of drug-likeness (QED) is 0.790. The van der Waals surface area contributed by atoms with Gasteiger partial charge in [-0.1, -0.05) is 19.8 Å². The van der Waals surface area contributed by atoms with E-state index in [2.05, 4.69) is 6.92 Å². The summed E-state index contributed by atoms with van der Waals surface area (Å²) < 4.78 is 27.2. The summed E-state index contributed by atoms with van der Waals surface area (Å²) in [6.45, 7) is 4.92. The number of hydrogen-bond acceptors (Lipinski definition) is 3. The lowest BCUT2D eigenvalue weighted by Crippen LogP contribution is -2.49. The minimum atomic E-state index is -3.21. The van der Waals surface area contributed by atoms with Crippen molar-refractivity contribution in [3.8, 4) is 0 Å². The highest BCUT2D eigenvalue weighted by atomic mass is 32.2. The molecule has 3 fully saturated rings. The lowest BCUT2D eigenvalue weighted by molar-refractivity contribution is -0.138. The van der Waals surface area contributed by atoms with Crippen LogP contribution in [-0.4, -0.2) is 55.0 Å². The van der Waals surface area contributed by atoms with E-state index < -0.39 is 10.0 Å². The first-order valence-electron chi connectivity index (χ1n) is 9.26. The van der Waals surface area contributed by atoms with Crippen LogP contribution in [0.5, 0.6) is 0 Å². The predicted molar refractivity (Wildman–Crippen MR) is 90.5 cm³/mol. The van der Waals surface area contributed by atoms with Gasteiger partial charge < -0.3 is 4.90 Å². The Kier molecular flexibility index (Phi) is 5.31. The van der Waals surface area contributed by atoms with Crippen molar-refractivity contribution >= 4 is 15.9 Å². The average molecular weight is 343 g/mol. The van der Waals surface area contributed by atoms with Gasteiger partial charge in [0, 0.05) is 26.2 Å². The lowest BCUT2D eigenvalue weighted by Gasteiger charge is -2.37. The molecule has 5 nitrogen and oxygen atoms in total. The molecule has 0 aromatic heterocycles. The third-order valence-corrected chi connectivity index (χ3v) is 8.28. The SMILES string of the molecule is CC1CCN(C(=O)[C@H]2CCCN(S(=O)(=O)C3CCCC3)C2)CC1. The highest BCUT2D eigenvalue weighted by Gasteiger charge is 2.39. The molecule has 2 heterocycles. The van der Waals surface area contributed by atoms with Gasteiger partial charge in [0.05, 0.1) is 11.2 Å².